The van der Waals surface area contributed by atoms with Gasteiger partial charge < -0.3 is 10.6 Å². The van der Waals surface area contributed by atoms with E-state index in [1.54, 1.807) is 24.3 Å². The lowest BCUT2D eigenvalue weighted by Gasteiger charge is -2.07. The second-order valence-electron chi connectivity index (χ2n) is 4.23. The third-order valence-corrected chi connectivity index (χ3v) is 3.30. The molecular formula is C12H17N3O4S. The van der Waals surface area contributed by atoms with E-state index in [1.165, 1.54) is 6.92 Å². The smallest absolute Gasteiger partial charge is 0.319 e. The van der Waals surface area contributed by atoms with Gasteiger partial charge in [0.1, 0.15) is 0 Å². The fourth-order valence-corrected chi connectivity index (χ4v) is 1.99. The first kappa shape index (κ1) is 16.1. The first-order chi connectivity index (χ1) is 9.28. The summed E-state index contributed by atoms with van der Waals surface area (Å²) in [6, 6.07) is 5.99. The van der Waals surface area contributed by atoms with Crippen molar-refractivity contribution >= 4 is 27.5 Å². The van der Waals surface area contributed by atoms with Crippen molar-refractivity contribution in [2.45, 2.75) is 13.3 Å². The summed E-state index contributed by atoms with van der Waals surface area (Å²) in [5.41, 5.74) is 1.10. The van der Waals surface area contributed by atoms with Gasteiger partial charge in [-0.2, -0.15) is 0 Å². The summed E-state index contributed by atoms with van der Waals surface area (Å²) in [6.45, 7) is 1.66. The van der Waals surface area contributed by atoms with Gasteiger partial charge in [0.25, 0.3) is 0 Å². The van der Waals surface area contributed by atoms with Gasteiger partial charge in [0.2, 0.25) is 10.0 Å². The fourth-order valence-electron chi connectivity index (χ4n) is 1.44. The molecule has 0 atom stereocenters. The SMILES string of the molecule is CC(=O)c1ccc(NC(=O)NCCCS(N)(=O)=O)cc1. The number of urea groups is 1. The molecule has 1 aromatic rings. The van der Waals surface area contributed by atoms with Gasteiger partial charge in [0.15, 0.2) is 5.78 Å². The van der Waals surface area contributed by atoms with Crippen LogP contribution in [0.3, 0.4) is 0 Å². The van der Waals surface area contributed by atoms with Crippen LogP contribution < -0.4 is 15.8 Å². The standard InChI is InChI=1S/C12H17N3O4S/c1-9(16)10-3-5-11(6-4-10)15-12(17)14-7-2-8-20(13,18)19/h3-6H,2,7-8H2,1H3,(H2,13,18,19)(H2,14,15,17). The molecule has 0 saturated heterocycles. The molecule has 1 rings (SSSR count). The number of ketones is 1. The monoisotopic (exact) mass is 299 g/mol. The van der Waals surface area contributed by atoms with E-state index in [0.29, 0.717) is 11.3 Å². The lowest BCUT2D eigenvalue weighted by Crippen LogP contribution is -2.31. The molecule has 7 nitrogen and oxygen atoms in total. The van der Waals surface area contributed by atoms with Crippen LogP contribution in [0.25, 0.3) is 0 Å². The van der Waals surface area contributed by atoms with E-state index in [9.17, 15) is 18.0 Å². The quantitative estimate of drug-likeness (QED) is 0.529. The van der Waals surface area contributed by atoms with Gasteiger partial charge in [0.05, 0.1) is 5.75 Å². The number of anilines is 1. The van der Waals surface area contributed by atoms with E-state index >= 15 is 0 Å². The van der Waals surface area contributed by atoms with Crippen LogP contribution in [-0.2, 0) is 10.0 Å². The second-order valence-corrected chi connectivity index (χ2v) is 5.97. The molecule has 2 amide bonds. The van der Waals surface area contributed by atoms with E-state index in [4.69, 9.17) is 5.14 Å². The lowest BCUT2D eigenvalue weighted by molar-refractivity contribution is 0.101. The zero-order chi connectivity index (χ0) is 15.2. The van der Waals surface area contributed by atoms with Crippen molar-refractivity contribution in [1.82, 2.24) is 5.32 Å². The zero-order valence-corrected chi connectivity index (χ0v) is 11.9. The molecule has 0 fully saturated rings. The Morgan fingerprint density at radius 2 is 1.80 bits per heavy atom. The minimum Gasteiger partial charge on any atom is -0.338 e. The number of hydrogen-bond acceptors (Lipinski definition) is 4. The molecule has 0 aliphatic carbocycles. The van der Waals surface area contributed by atoms with Gasteiger partial charge in [0, 0.05) is 17.8 Å². The first-order valence-corrected chi connectivity index (χ1v) is 7.66. The molecule has 0 saturated carbocycles. The summed E-state index contributed by atoms with van der Waals surface area (Å²) in [5, 5.41) is 9.90. The molecule has 0 unspecified atom stereocenters. The highest BCUT2D eigenvalue weighted by molar-refractivity contribution is 7.89. The predicted molar refractivity (Wildman–Crippen MR) is 76.1 cm³/mol. The number of nitrogens with one attached hydrogen (secondary N) is 2. The summed E-state index contributed by atoms with van der Waals surface area (Å²) < 4.78 is 21.4. The van der Waals surface area contributed by atoms with E-state index in [-0.39, 0.29) is 24.5 Å². The summed E-state index contributed by atoms with van der Waals surface area (Å²) in [4.78, 5) is 22.6. The van der Waals surface area contributed by atoms with E-state index in [2.05, 4.69) is 10.6 Å². The Bertz CT molecular complexity index is 581. The molecule has 110 valence electrons. The van der Waals surface area contributed by atoms with Crippen molar-refractivity contribution in [1.29, 1.82) is 0 Å². The molecule has 4 N–H and O–H groups in total. The molecule has 20 heavy (non-hydrogen) atoms. The van der Waals surface area contributed by atoms with E-state index in [1.807, 2.05) is 0 Å². The zero-order valence-electron chi connectivity index (χ0n) is 11.0. The number of carbonyl (C=O) groups excluding carboxylic acids is 2. The van der Waals surface area contributed by atoms with Crippen molar-refractivity contribution in [2.75, 3.05) is 17.6 Å². The molecule has 0 radical (unpaired) electrons. The van der Waals surface area contributed by atoms with Crippen LogP contribution in [0, 0.1) is 0 Å². The van der Waals surface area contributed by atoms with Crippen molar-refractivity contribution in [3.63, 3.8) is 0 Å². The van der Waals surface area contributed by atoms with Crippen LogP contribution in [0.2, 0.25) is 0 Å². The summed E-state index contributed by atoms with van der Waals surface area (Å²) >= 11 is 0. The van der Waals surface area contributed by atoms with E-state index in [0.717, 1.165) is 0 Å². The average molecular weight is 299 g/mol. The van der Waals surface area contributed by atoms with Gasteiger partial charge >= 0.3 is 6.03 Å². The van der Waals surface area contributed by atoms with Crippen LogP contribution in [0.4, 0.5) is 10.5 Å². The van der Waals surface area contributed by atoms with Gasteiger partial charge in [-0.25, -0.2) is 18.4 Å². The maximum absolute atomic E-state index is 11.5. The largest absolute Gasteiger partial charge is 0.338 e. The van der Waals surface area contributed by atoms with Crippen LogP contribution in [0.15, 0.2) is 24.3 Å². The molecule has 0 aromatic heterocycles. The third-order valence-electron chi connectivity index (χ3n) is 2.44. The van der Waals surface area contributed by atoms with Crippen LogP contribution in [0.5, 0.6) is 0 Å². The second kappa shape index (κ2) is 7.01. The van der Waals surface area contributed by atoms with Gasteiger partial charge in [-0.15, -0.1) is 0 Å². The van der Waals surface area contributed by atoms with E-state index < -0.39 is 16.1 Å². The normalized spacial score (nSPS) is 10.9. The summed E-state index contributed by atoms with van der Waals surface area (Å²) in [7, 11) is -3.50. The number of sulfonamides is 1. The highest BCUT2D eigenvalue weighted by Gasteiger charge is 2.05. The number of benzene rings is 1. The Kier molecular flexibility index (Phi) is 5.66. The van der Waals surface area contributed by atoms with Crippen LogP contribution in [-0.4, -0.2) is 32.5 Å². The molecular weight excluding hydrogens is 282 g/mol. The lowest BCUT2D eigenvalue weighted by atomic mass is 10.1. The van der Waals surface area contributed by atoms with Gasteiger partial charge in [-0.3, -0.25) is 4.79 Å². The number of carbonyl (C=O) groups is 2. The van der Waals surface area contributed by atoms with Crippen molar-refractivity contribution in [2.24, 2.45) is 5.14 Å². The Balaban J connectivity index is 2.37. The number of hydrogen-bond donors (Lipinski definition) is 3. The molecule has 0 bridgehead atoms. The molecule has 8 heteroatoms. The molecule has 0 aliphatic heterocycles. The number of Topliss-reactive ketones (excluding diaryl/α,β-unsaturated/α-hetero) is 1. The Morgan fingerprint density at radius 1 is 1.20 bits per heavy atom. The van der Waals surface area contributed by atoms with Crippen molar-refractivity contribution in [3.8, 4) is 0 Å². The maximum Gasteiger partial charge on any atom is 0.319 e. The topological polar surface area (TPSA) is 118 Å². The number of nitrogens with two attached hydrogens (primary N) is 1. The minimum absolute atomic E-state index is 0.0519. The highest BCUT2D eigenvalue weighted by Crippen LogP contribution is 2.09. The number of rotatable bonds is 6. The summed E-state index contributed by atoms with van der Waals surface area (Å²) in [5.74, 6) is -0.232. The Morgan fingerprint density at radius 3 is 2.30 bits per heavy atom. The first-order valence-electron chi connectivity index (χ1n) is 5.94. The van der Waals surface area contributed by atoms with Crippen molar-refractivity contribution < 1.29 is 18.0 Å². The van der Waals surface area contributed by atoms with Crippen LogP contribution >= 0.6 is 0 Å². The third kappa shape index (κ3) is 6.30. The Labute approximate surface area is 117 Å². The van der Waals surface area contributed by atoms with Crippen LogP contribution in [0.1, 0.15) is 23.7 Å². The molecule has 0 heterocycles. The van der Waals surface area contributed by atoms with Gasteiger partial charge in [-0.05, 0) is 37.6 Å². The minimum atomic E-state index is -3.50. The maximum atomic E-state index is 11.5. The molecule has 0 aliphatic rings. The highest BCUT2D eigenvalue weighted by atomic mass is 32.2. The predicted octanol–water partition coefficient (Wildman–Crippen LogP) is 0.689. The Hall–Kier alpha value is -1.93. The molecule has 0 spiro atoms. The van der Waals surface area contributed by atoms with Crippen molar-refractivity contribution in [3.05, 3.63) is 29.8 Å². The van der Waals surface area contributed by atoms with Gasteiger partial charge in [-0.1, -0.05) is 0 Å². The fraction of sp³-hybridized carbons (Fsp3) is 0.333. The number of amides is 2. The molecule has 1 aromatic carbocycles. The average Bonchev–Trinajstić information content (AvgIpc) is 2.34. The summed E-state index contributed by atoms with van der Waals surface area (Å²) in [6.07, 6.45) is 0.246. The number of primary sulfonamides is 1.